The Morgan fingerprint density at radius 1 is 1.11 bits per heavy atom. The Labute approximate surface area is 221 Å². The van der Waals surface area contributed by atoms with Crippen LogP contribution in [0.3, 0.4) is 0 Å². The Morgan fingerprint density at radius 3 is 2.57 bits per heavy atom. The van der Waals surface area contributed by atoms with Crippen LogP contribution >= 0.6 is 11.8 Å². The molecule has 0 spiro atoms. The van der Waals surface area contributed by atoms with Gasteiger partial charge in [-0.2, -0.15) is 11.8 Å². The lowest BCUT2D eigenvalue weighted by Gasteiger charge is -2.36. The van der Waals surface area contributed by atoms with Gasteiger partial charge in [0.1, 0.15) is 18.3 Å². The molecule has 2 aromatic rings. The number of hydrogen-bond donors (Lipinski definition) is 0. The third-order valence-electron chi connectivity index (χ3n) is 6.94. The smallest absolute Gasteiger partial charge is 0.315 e. The molecule has 4 rings (SSSR count). The Hall–Kier alpha value is -3.13. The molecule has 0 aromatic heterocycles. The molecule has 8 heteroatoms. The SMILES string of the molecule is CCSCCOC(=O)C1C(C)=NC2=C(C(=O)C[C@@H](c3ccc(OC)c(OC)c3)C2)[C@@H]1c1ccccc1F. The van der Waals surface area contributed by atoms with Crippen LogP contribution in [0.5, 0.6) is 11.5 Å². The highest BCUT2D eigenvalue weighted by Crippen LogP contribution is 2.48. The number of allylic oxidation sites excluding steroid dienone is 2. The average Bonchev–Trinajstić information content (AvgIpc) is 2.90. The van der Waals surface area contributed by atoms with Crippen LogP contribution in [0.15, 0.2) is 58.7 Å². The van der Waals surface area contributed by atoms with E-state index >= 15 is 4.39 Å². The molecular weight excluding hydrogens is 493 g/mol. The number of thioether (sulfide) groups is 1. The molecule has 0 N–H and O–H groups in total. The summed E-state index contributed by atoms with van der Waals surface area (Å²) in [6, 6.07) is 11.9. The number of benzene rings is 2. The molecule has 0 amide bonds. The first-order chi connectivity index (χ1) is 17.9. The molecule has 0 saturated heterocycles. The molecule has 196 valence electrons. The number of esters is 1. The van der Waals surface area contributed by atoms with Crippen molar-refractivity contribution in [1.82, 2.24) is 0 Å². The largest absolute Gasteiger partial charge is 0.493 e. The molecule has 1 heterocycles. The van der Waals surface area contributed by atoms with E-state index in [1.54, 1.807) is 51.1 Å². The number of aliphatic imine (C=N–C) groups is 1. The standard InChI is InChI=1S/C29H32FNO5S/c1-5-37-13-12-36-29(33)26-17(2)31-22-14-19(18-10-11-24(34-3)25(16-18)35-4)15-23(32)28(22)27(26)20-8-6-7-9-21(20)30/h6-11,16,19,26-27H,5,12-15H2,1-4H3/t19-,26?,27+/m0/s1. The van der Waals surface area contributed by atoms with Gasteiger partial charge in [0, 0.05) is 35.1 Å². The maximum absolute atomic E-state index is 15.1. The van der Waals surface area contributed by atoms with Crippen molar-refractivity contribution in [1.29, 1.82) is 0 Å². The number of carbonyl (C=O) groups is 2. The molecule has 37 heavy (non-hydrogen) atoms. The summed E-state index contributed by atoms with van der Waals surface area (Å²) in [4.78, 5) is 31.7. The fourth-order valence-electron chi connectivity index (χ4n) is 5.21. The van der Waals surface area contributed by atoms with E-state index in [2.05, 4.69) is 0 Å². The van der Waals surface area contributed by atoms with Crippen molar-refractivity contribution in [2.45, 2.75) is 38.5 Å². The van der Waals surface area contributed by atoms with E-state index in [1.807, 2.05) is 25.1 Å². The van der Waals surface area contributed by atoms with Crippen LogP contribution in [0.4, 0.5) is 4.39 Å². The number of Topliss-reactive ketones (excluding diaryl/α,β-unsaturated/α-hetero) is 1. The van der Waals surface area contributed by atoms with E-state index in [0.717, 1.165) is 11.3 Å². The highest BCUT2D eigenvalue weighted by Gasteiger charge is 2.45. The molecule has 0 saturated carbocycles. The second-order valence-corrected chi connectivity index (χ2v) is 10.5. The van der Waals surface area contributed by atoms with E-state index in [-0.39, 0.29) is 24.7 Å². The summed E-state index contributed by atoms with van der Waals surface area (Å²) in [5.74, 6) is -0.0375. The quantitative estimate of drug-likeness (QED) is 0.308. The summed E-state index contributed by atoms with van der Waals surface area (Å²) >= 11 is 1.67. The van der Waals surface area contributed by atoms with Crippen LogP contribution in [0.2, 0.25) is 0 Å². The van der Waals surface area contributed by atoms with E-state index in [0.29, 0.717) is 46.2 Å². The lowest BCUT2D eigenvalue weighted by molar-refractivity contribution is -0.145. The first-order valence-electron chi connectivity index (χ1n) is 12.4. The van der Waals surface area contributed by atoms with Crippen LogP contribution in [-0.4, -0.2) is 49.8 Å². The van der Waals surface area contributed by atoms with Gasteiger partial charge in [-0.25, -0.2) is 4.39 Å². The van der Waals surface area contributed by atoms with Gasteiger partial charge < -0.3 is 14.2 Å². The van der Waals surface area contributed by atoms with Crippen molar-refractivity contribution in [2.75, 3.05) is 32.3 Å². The second-order valence-electron chi connectivity index (χ2n) is 9.10. The number of rotatable bonds is 9. The highest BCUT2D eigenvalue weighted by molar-refractivity contribution is 7.99. The summed E-state index contributed by atoms with van der Waals surface area (Å²) in [5.41, 5.74) is 2.79. The molecule has 0 fully saturated rings. The van der Waals surface area contributed by atoms with Crippen molar-refractivity contribution >= 4 is 29.2 Å². The molecular formula is C29H32FNO5S. The van der Waals surface area contributed by atoms with Crippen molar-refractivity contribution in [3.63, 3.8) is 0 Å². The molecule has 1 aliphatic carbocycles. The van der Waals surface area contributed by atoms with Gasteiger partial charge in [0.15, 0.2) is 17.3 Å². The minimum atomic E-state index is -0.858. The van der Waals surface area contributed by atoms with Crippen LogP contribution < -0.4 is 9.47 Å². The summed E-state index contributed by atoms with van der Waals surface area (Å²) in [6.45, 7) is 4.05. The normalized spacial score (nSPS) is 21.3. The van der Waals surface area contributed by atoms with Crippen molar-refractivity contribution in [3.05, 3.63) is 70.7 Å². The predicted molar refractivity (Wildman–Crippen MR) is 143 cm³/mol. The summed E-state index contributed by atoms with van der Waals surface area (Å²) in [6.07, 6.45) is 0.719. The molecule has 0 radical (unpaired) electrons. The Morgan fingerprint density at radius 2 is 1.86 bits per heavy atom. The fraction of sp³-hybridized carbons (Fsp3) is 0.414. The third-order valence-corrected chi connectivity index (χ3v) is 7.80. The van der Waals surface area contributed by atoms with Gasteiger partial charge in [-0.15, -0.1) is 0 Å². The maximum atomic E-state index is 15.1. The first-order valence-corrected chi connectivity index (χ1v) is 13.6. The monoisotopic (exact) mass is 525 g/mol. The molecule has 3 atom stereocenters. The molecule has 1 unspecified atom stereocenters. The van der Waals surface area contributed by atoms with Crippen molar-refractivity contribution in [3.8, 4) is 11.5 Å². The number of halogens is 1. The molecule has 2 aromatic carbocycles. The van der Waals surface area contributed by atoms with E-state index < -0.39 is 23.6 Å². The van der Waals surface area contributed by atoms with Crippen LogP contribution in [0.25, 0.3) is 0 Å². The van der Waals surface area contributed by atoms with Crippen LogP contribution in [0, 0.1) is 11.7 Å². The molecule has 1 aliphatic heterocycles. The topological polar surface area (TPSA) is 74.2 Å². The van der Waals surface area contributed by atoms with Gasteiger partial charge >= 0.3 is 5.97 Å². The predicted octanol–water partition coefficient (Wildman–Crippen LogP) is 5.71. The van der Waals surface area contributed by atoms with Gasteiger partial charge in [-0.05, 0) is 54.3 Å². The maximum Gasteiger partial charge on any atom is 0.315 e. The zero-order valence-electron chi connectivity index (χ0n) is 21.6. The lowest BCUT2D eigenvalue weighted by Crippen LogP contribution is -2.38. The molecule has 0 bridgehead atoms. The first kappa shape index (κ1) is 26.9. The Kier molecular flexibility index (Phi) is 8.69. The van der Waals surface area contributed by atoms with E-state index in [9.17, 15) is 9.59 Å². The van der Waals surface area contributed by atoms with Crippen LogP contribution in [-0.2, 0) is 14.3 Å². The molecule has 6 nitrogen and oxygen atoms in total. The second kappa shape index (κ2) is 11.9. The Balaban J connectivity index is 1.72. The molecule has 2 aliphatic rings. The van der Waals surface area contributed by atoms with Gasteiger partial charge in [0.05, 0.1) is 14.2 Å². The zero-order chi connectivity index (χ0) is 26.5. The van der Waals surface area contributed by atoms with Gasteiger partial charge in [-0.1, -0.05) is 31.2 Å². The minimum Gasteiger partial charge on any atom is -0.493 e. The lowest BCUT2D eigenvalue weighted by atomic mass is 9.69. The summed E-state index contributed by atoms with van der Waals surface area (Å²) < 4.78 is 31.5. The summed E-state index contributed by atoms with van der Waals surface area (Å²) in [7, 11) is 3.15. The summed E-state index contributed by atoms with van der Waals surface area (Å²) in [5, 5.41) is 0. The Bertz CT molecular complexity index is 1240. The van der Waals surface area contributed by atoms with Crippen molar-refractivity contribution in [2.24, 2.45) is 10.9 Å². The minimum absolute atomic E-state index is 0.126. The van der Waals surface area contributed by atoms with Gasteiger partial charge in [0.2, 0.25) is 0 Å². The number of ether oxygens (including phenoxy) is 3. The number of nitrogens with zero attached hydrogens (tertiary/aromatic N) is 1. The number of hydrogen-bond acceptors (Lipinski definition) is 7. The number of methoxy groups -OCH3 is 2. The van der Waals surface area contributed by atoms with Gasteiger partial charge in [0.25, 0.3) is 0 Å². The van der Waals surface area contributed by atoms with E-state index in [4.69, 9.17) is 19.2 Å². The van der Waals surface area contributed by atoms with Crippen LogP contribution in [0.1, 0.15) is 49.7 Å². The third kappa shape index (κ3) is 5.59. The average molecular weight is 526 g/mol. The van der Waals surface area contributed by atoms with E-state index in [1.165, 1.54) is 6.07 Å². The zero-order valence-corrected chi connectivity index (χ0v) is 22.4. The van der Waals surface area contributed by atoms with Gasteiger partial charge in [-0.3, -0.25) is 14.6 Å². The number of ketones is 1. The van der Waals surface area contributed by atoms with Crippen molar-refractivity contribution < 1.29 is 28.2 Å². The fourth-order valence-corrected chi connectivity index (χ4v) is 5.70. The number of carbonyl (C=O) groups excluding carboxylic acids is 2. The highest BCUT2D eigenvalue weighted by atomic mass is 32.2.